The maximum absolute atomic E-state index is 13.7. The van der Waals surface area contributed by atoms with Crippen LogP contribution in [0.5, 0.6) is 5.75 Å². The molecule has 8 heteroatoms. The Labute approximate surface area is 255 Å². The van der Waals surface area contributed by atoms with E-state index < -0.39 is 11.6 Å². The number of amides is 1. The lowest BCUT2D eigenvalue weighted by Crippen LogP contribution is -2.40. The smallest absolute Gasteiger partial charge is 0.409 e. The van der Waals surface area contributed by atoms with Crippen LogP contribution in [0, 0.1) is 31.6 Å². The number of carbonyl (C=O) groups is 3. The number of thioether (sulfide) groups is 1. The number of ether oxygens (including phenoxy) is 3. The third-order valence-corrected chi connectivity index (χ3v) is 8.52. The van der Waals surface area contributed by atoms with Crippen LogP contribution >= 0.6 is 11.8 Å². The highest BCUT2D eigenvalue weighted by Gasteiger charge is 2.40. The second-order valence-electron chi connectivity index (χ2n) is 12.1. The fourth-order valence-electron chi connectivity index (χ4n) is 5.35. The molecule has 1 aliphatic heterocycles. The summed E-state index contributed by atoms with van der Waals surface area (Å²) in [5.41, 5.74) is 2.57. The number of likely N-dealkylation sites (tertiary alicyclic amines) is 1. The first-order valence-corrected chi connectivity index (χ1v) is 16.1. The Morgan fingerprint density at radius 3 is 2.24 bits per heavy atom. The molecule has 0 radical (unpaired) electrons. The molecule has 0 aromatic heterocycles. The summed E-state index contributed by atoms with van der Waals surface area (Å²) in [5, 5.41) is 0. The molecule has 0 unspecified atom stereocenters. The third-order valence-electron chi connectivity index (χ3n) is 7.78. The minimum Gasteiger partial charge on any atom is -0.476 e. The van der Waals surface area contributed by atoms with Gasteiger partial charge < -0.3 is 19.1 Å². The third kappa shape index (κ3) is 8.76. The number of benzene rings is 2. The van der Waals surface area contributed by atoms with Gasteiger partial charge in [0.2, 0.25) is 0 Å². The van der Waals surface area contributed by atoms with Crippen LogP contribution in [-0.4, -0.2) is 60.9 Å². The fraction of sp³-hybridized carbons (Fsp3) is 0.559. The highest BCUT2D eigenvalue weighted by molar-refractivity contribution is 7.98. The van der Waals surface area contributed by atoms with Crippen molar-refractivity contribution in [1.29, 1.82) is 0 Å². The summed E-state index contributed by atoms with van der Waals surface area (Å²) in [4.78, 5) is 41.8. The van der Waals surface area contributed by atoms with Gasteiger partial charge in [-0.1, -0.05) is 38.1 Å². The van der Waals surface area contributed by atoms with Crippen LogP contribution in [0.4, 0.5) is 4.79 Å². The molecule has 1 saturated heterocycles. The predicted molar refractivity (Wildman–Crippen MR) is 167 cm³/mol. The number of rotatable bonds is 13. The molecule has 0 saturated carbocycles. The molecular formula is C34H47NO6S. The van der Waals surface area contributed by atoms with Crippen LogP contribution in [0.2, 0.25) is 0 Å². The second-order valence-corrected chi connectivity index (χ2v) is 13.0. The molecule has 2 aromatic rings. The Morgan fingerprint density at radius 1 is 1.02 bits per heavy atom. The number of esters is 1. The monoisotopic (exact) mass is 597 g/mol. The Bertz CT molecular complexity index is 1220. The number of Topliss-reactive ketones (excluding diaryl/α,β-unsaturated/α-hetero) is 1. The zero-order valence-electron chi connectivity index (χ0n) is 26.5. The van der Waals surface area contributed by atoms with E-state index in [-0.39, 0.29) is 23.7 Å². The molecule has 2 aromatic carbocycles. The lowest BCUT2D eigenvalue weighted by Gasteiger charge is -2.26. The molecule has 0 spiro atoms. The van der Waals surface area contributed by atoms with Crippen LogP contribution < -0.4 is 4.74 Å². The zero-order valence-corrected chi connectivity index (χ0v) is 27.3. The summed E-state index contributed by atoms with van der Waals surface area (Å²) >= 11 is 1.64. The average molecular weight is 598 g/mol. The van der Waals surface area contributed by atoms with Gasteiger partial charge in [-0.3, -0.25) is 4.79 Å². The molecule has 0 N–H and O–H groups in total. The molecule has 7 nitrogen and oxygen atoms in total. The predicted octanol–water partition coefficient (Wildman–Crippen LogP) is 7.29. The number of hydrogen-bond donors (Lipinski definition) is 0. The number of aryl methyl sites for hydroxylation is 3. The van der Waals surface area contributed by atoms with E-state index in [9.17, 15) is 14.4 Å². The van der Waals surface area contributed by atoms with Gasteiger partial charge in [-0.05, 0) is 101 Å². The van der Waals surface area contributed by atoms with Gasteiger partial charge in [0.15, 0.2) is 11.4 Å². The molecule has 42 heavy (non-hydrogen) atoms. The Hall–Kier alpha value is -3.00. The van der Waals surface area contributed by atoms with Gasteiger partial charge in [-0.25, -0.2) is 9.59 Å². The van der Waals surface area contributed by atoms with E-state index in [1.165, 1.54) is 0 Å². The molecule has 1 aliphatic rings. The molecule has 1 fully saturated rings. The highest BCUT2D eigenvalue weighted by atomic mass is 32.2. The van der Waals surface area contributed by atoms with Gasteiger partial charge >= 0.3 is 12.1 Å². The number of ketones is 1. The first-order chi connectivity index (χ1) is 19.9. The van der Waals surface area contributed by atoms with Gasteiger partial charge in [0.25, 0.3) is 0 Å². The molecule has 0 bridgehead atoms. The minimum absolute atomic E-state index is 0.00895. The Kier molecular flexibility index (Phi) is 11.9. The van der Waals surface area contributed by atoms with Gasteiger partial charge in [0, 0.05) is 29.5 Å². The number of nitrogens with zero attached hydrogens (tertiary/aromatic N) is 1. The molecule has 1 heterocycles. The van der Waals surface area contributed by atoms with Crippen LogP contribution in [-0.2, 0) is 20.7 Å². The molecule has 0 aliphatic carbocycles. The summed E-state index contributed by atoms with van der Waals surface area (Å²) in [5.74, 6) is 0.507. The summed E-state index contributed by atoms with van der Waals surface area (Å²) in [6.07, 6.45) is 3.98. The molecule has 3 rings (SSSR count). The quantitative estimate of drug-likeness (QED) is 0.136. The van der Waals surface area contributed by atoms with Crippen molar-refractivity contribution >= 4 is 29.6 Å². The first kappa shape index (κ1) is 33.5. The minimum atomic E-state index is -1.11. The van der Waals surface area contributed by atoms with Crippen molar-refractivity contribution in [2.24, 2.45) is 17.8 Å². The van der Waals surface area contributed by atoms with Crippen molar-refractivity contribution in [2.75, 3.05) is 32.6 Å². The second kappa shape index (κ2) is 14.9. The average Bonchev–Trinajstić information content (AvgIpc) is 3.38. The zero-order chi connectivity index (χ0) is 31.0. The normalized spacial score (nSPS) is 16.9. The molecular weight excluding hydrogens is 550 g/mol. The summed E-state index contributed by atoms with van der Waals surface area (Å²) in [6, 6.07) is 11.9. The van der Waals surface area contributed by atoms with Gasteiger partial charge in [0.1, 0.15) is 5.75 Å². The van der Waals surface area contributed by atoms with Gasteiger partial charge in [0.05, 0.1) is 13.2 Å². The molecule has 230 valence electrons. The van der Waals surface area contributed by atoms with E-state index in [0.29, 0.717) is 43.5 Å². The lowest BCUT2D eigenvalue weighted by molar-refractivity contribution is -0.158. The Balaban J connectivity index is 1.76. The largest absolute Gasteiger partial charge is 0.476 e. The number of carbonyl (C=O) groups excluding carboxylic acids is 3. The SMILES string of the molecule is CCOC(=O)C(C)(C)Oc1c(C)cc(CC[C@H]2CN(C(=O)OCCC(C)C)C[C@@H]2C(=O)c2ccc(SC)cc2)cc1C. The highest BCUT2D eigenvalue weighted by Crippen LogP contribution is 2.34. The molecule has 2 atom stereocenters. The summed E-state index contributed by atoms with van der Waals surface area (Å²) in [6.45, 7) is 14.9. The summed E-state index contributed by atoms with van der Waals surface area (Å²) < 4.78 is 16.9. The Morgan fingerprint density at radius 2 is 1.67 bits per heavy atom. The van der Waals surface area contributed by atoms with E-state index in [4.69, 9.17) is 14.2 Å². The number of hydrogen-bond acceptors (Lipinski definition) is 7. The van der Waals surface area contributed by atoms with E-state index in [1.807, 2.05) is 44.4 Å². The van der Waals surface area contributed by atoms with Crippen molar-refractivity contribution in [3.05, 3.63) is 58.7 Å². The van der Waals surface area contributed by atoms with E-state index >= 15 is 0 Å². The maximum Gasteiger partial charge on any atom is 0.409 e. The van der Waals surface area contributed by atoms with Crippen LogP contribution in [0.3, 0.4) is 0 Å². The van der Waals surface area contributed by atoms with E-state index in [0.717, 1.165) is 40.8 Å². The van der Waals surface area contributed by atoms with Crippen LogP contribution in [0.25, 0.3) is 0 Å². The first-order valence-electron chi connectivity index (χ1n) is 14.9. The topological polar surface area (TPSA) is 82.1 Å². The standard InChI is InChI=1S/C34H47NO6S/c1-9-39-32(37)34(6,7)41-31-23(4)18-25(19-24(31)5)10-11-27-20-35(33(38)40-17-16-22(2)3)21-29(27)30(36)26-12-14-28(42-8)15-13-26/h12-15,18-19,22,27,29H,9-11,16-17,20-21H2,1-8H3/t27-,29-/m0/s1. The van der Waals surface area contributed by atoms with E-state index in [1.54, 1.807) is 37.4 Å². The molecule has 1 amide bonds. The van der Waals surface area contributed by atoms with Crippen molar-refractivity contribution in [2.45, 2.75) is 78.2 Å². The van der Waals surface area contributed by atoms with Crippen molar-refractivity contribution < 1.29 is 28.6 Å². The van der Waals surface area contributed by atoms with Gasteiger partial charge in [-0.2, -0.15) is 0 Å². The lowest BCUT2D eigenvalue weighted by atomic mass is 9.84. The maximum atomic E-state index is 13.7. The fourth-order valence-corrected chi connectivity index (χ4v) is 5.76. The summed E-state index contributed by atoms with van der Waals surface area (Å²) in [7, 11) is 0. The van der Waals surface area contributed by atoms with Crippen LogP contribution in [0.15, 0.2) is 41.3 Å². The van der Waals surface area contributed by atoms with Gasteiger partial charge in [-0.15, -0.1) is 11.8 Å². The van der Waals surface area contributed by atoms with Crippen molar-refractivity contribution in [1.82, 2.24) is 4.90 Å². The van der Waals surface area contributed by atoms with Crippen molar-refractivity contribution in [3.8, 4) is 5.75 Å². The van der Waals surface area contributed by atoms with Crippen LogP contribution in [0.1, 0.15) is 74.5 Å². The van der Waals surface area contributed by atoms with Crippen molar-refractivity contribution in [3.63, 3.8) is 0 Å². The van der Waals surface area contributed by atoms with E-state index in [2.05, 4.69) is 26.0 Å².